The Kier molecular flexibility index (Phi) is 3.45. The van der Waals surface area contributed by atoms with Crippen molar-refractivity contribution < 1.29 is 7.31 Å². The van der Waals surface area contributed by atoms with Crippen molar-refractivity contribution in [2.45, 2.75) is 40.5 Å². The molecule has 4 rings (SSSR count). The molecule has 0 amide bonds. The minimum atomic E-state index is -1.41. The smallest absolute Gasteiger partial charge is 0.201 e. The first-order valence-electron chi connectivity index (χ1n) is 10.3. The van der Waals surface area contributed by atoms with Crippen molar-refractivity contribution in [3.8, 4) is 22.4 Å². The van der Waals surface area contributed by atoms with E-state index in [4.69, 9.17) is 2.74 Å². The Bertz CT molecular complexity index is 1070. The van der Waals surface area contributed by atoms with Crippen LogP contribution in [0.4, 0.5) is 0 Å². The van der Waals surface area contributed by atoms with E-state index in [0.717, 1.165) is 17.7 Å². The highest BCUT2D eigenvalue weighted by Crippen LogP contribution is 2.40. The highest BCUT2D eigenvalue weighted by molar-refractivity contribution is 5.81. The van der Waals surface area contributed by atoms with Crippen LogP contribution in [0.15, 0.2) is 54.7 Å². The molecule has 0 N–H and O–H groups in total. The van der Waals surface area contributed by atoms with Crippen molar-refractivity contribution >= 4 is 0 Å². The van der Waals surface area contributed by atoms with Crippen molar-refractivity contribution in [3.05, 3.63) is 77.0 Å². The van der Waals surface area contributed by atoms with Gasteiger partial charge in [0.15, 0.2) is 6.20 Å². The fourth-order valence-corrected chi connectivity index (χ4v) is 3.99. The number of aromatic nitrogens is 1. The molecule has 2 aromatic carbocycles. The number of benzene rings is 2. The van der Waals surface area contributed by atoms with Crippen molar-refractivity contribution in [2.75, 3.05) is 0 Å². The van der Waals surface area contributed by atoms with Crippen molar-refractivity contribution in [1.29, 1.82) is 0 Å². The van der Waals surface area contributed by atoms with Crippen LogP contribution in [0.1, 0.15) is 45.8 Å². The molecule has 1 heteroatoms. The maximum Gasteiger partial charge on any atom is 0.212 e. The topological polar surface area (TPSA) is 3.88 Å². The molecule has 0 fully saturated rings. The van der Waals surface area contributed by atoms with Crippen LogP contribution in [0, 0.1) is 12.3 Å². The van der Waals surface area contributed by atoms with Gasteiger partial charge in [-0.2, -0.15) is 0 Å². The summed E-state index contributed by atoms with van der Waals surface area (Å²) >= 11 is 0. The van der Waals surface area contributed by atoms with E-state index in [1.54, 1.807) is 0 Å². The fraction of sp³-hybridized carbons (Fsp3) is 0.320. The molecule has 1 aliphatic carbocycles. The van der Waals surface area contributed by atoms with E-state index in [9.17, 15) is 0 Å². The van der Waals surface area contributed by atoms with Gasteiger partial charge in [-0.1, -0.05) is 51.1 Å². The molecule has 1 aliphatic rings. The number of hydrogen-bond donors (Lipinski definition) is 0. The largest absolute Gasteiger partial charge is 0.212 e. The monoisotopic (exact) mass is 344 g/mol. The Labute approximate surface area is 160 Å². The van der Waals surface area contributed by atoms with Gasteiger partial charge in [0, 0.05) is 20.4 Å². The molecule has 0 radical (unpaired) electrons. The summed E-state index contributed by atoms with van der Waals surface area (Å²) in [5.41, 5.74) is 9.24. The number of nitrogens with zero attached hydrogens (tertiary/aromatic N) is 1. The Morgan fingerprint density at radius 2 is 1.73 bits per heavy atom. The Balaban J connectivity index is 1.86. The van der Waals surface area contributed by atoms with Crippen LogP contribution in [0.25, 0.3) is 22.4 Å². The highest BCUT2D eigenvalue weighted by Gasteiger charge is 2.24. The molecule has 0 saturated carbocycles. The summed E-state index contributed by atoms with van der Waals surface area (Å²) < 4.78 is 19.4. The normalized spacial score (nSPS) is 14.5. The number of fused-ring (bicyclic) bond motifs is 3. The fourth-order valence-electron chi connectivity index (χ4n) is 3.99. The molecule has 0 saturated heterocycles. The van der Waals surface area contributed by atoms with E-state index < -0.39 is 11.8 Å². The van der Waals surface area contributed by atoms with E-state index in [2.05, 4.69) is 47.9 Å². The lowest BCUT2D eigenvalue weighted by atomic mass is 9.87. The second-order valence-electron chi connectivity index (χ2n) is 8.38. The zero-order valence-electron chi connectivity index (χ0n) is 18.4. The molecule has 3 aromatic rings. The summed E-state index contributed by atoms with van der Waals surface area (Å²) in [5.74, 6) is 0. The third-order valence-corrected chi connectivity index (χ3v) is 5.22. The molecule has 0 aliphatic heterocycles. The van der Waals surface area contributed by atoms with Crippen LogP contribution in [0.5, 0.6) is 0 Å². The zero-order chi connectivity index (χ0) is 20.3. The van der Waals surface area contributed by atoms with Crippen LogP contribution in [-0.4, -0.2) is 0 Å². The average Bonchev–Trinajstić information content (AvgIpc) is 3.01. The molecular formula is C25H28N+. The maximum atomic E-state index is 8.67. The molecule has 0 bridgehead atoms. The predicted molar refractivity (Wildman–Crippen MR) is 109 cm³/mol. The first-order chi connectivity index (χ1) is 13.1. The van der Waals surface area contributed by atoms with Crippen molar-refractivity contribution in [1.82, 2.24) is 0 Å². The number of pyridine rings is 1. The summed E-state index contributed by atoms with van der Waals surface area (Å²) in [7, 11) is 2.03. The van der Waals surface area contributed by atoms with Crippen LogP contribution in [-0.2, 0) is 19.8 Å². The SMILES string of the molecule is [2H]C([2H])(c1cc[n+](C)c(-c2ccc3c(c2C)Cc2ccccc2-3)c1)C(C)(C)C. The van der Waals surface area contributed by atoms with E-state index in [1.807, 2.05) is 46.1 Å². The molecule has 26 heavy (non-hydrogen) atoms. The quantitative estimate of drug-likeness (QED) is 0.414. The minimum absolute atomic E-state index is 0.473. The zero-order valence-corrected chi connectivity index (χ0v) is 16.4. The van der Waals surface area contributed by atoms with E-state index >= 15 is 0 Å². The van der Waals surface area contributed by atoms with Gasteiger partial charge in [-0.25, -0.2) is 4.57 Å². The first kappa shape index (κ1) is 14.7. The van der Waals surface area contributed by atoms with Gasteiger partial charge in [-0.3, -0.25) is 0 Å². The Morgan fingerprint density at radius 1 is 1.00 bits per heavy atom. The summed E-state index contributed by atoms with van der Waals surface area (Å²) in [6.45, 7) is 8.07. The third kappa shape index (κ3) is 2.96. The number of hydrogen-bond acceptors (Lipinski definition) is 0. The van der Waals surface area contributed by atoms with Crippen LogP contribution in [0.3, 0.4) is 0 Å². The second-order valence-corrected chi connectivity index (χ2v) is 8.38. The van der Waals surface area contributed by atoms with Gasteiger partial charge < -0.3 is 0 Å². The van der Waals surface area contributed by atoms with Crippen molar-refractivity contribution in [3.63, 3.8) is 0 Å². The summed E-state index contributed by atoms with van der Waals surface area (Å²) in [6.07, 6.45) is 1.55. The van der Waals surface area contributed by atoms with Crippen molar-refractivity contribution in [2.24, 2.45) is 12.5 Å². The lowest BCUT2D eigenvalue weighted by Gasteiger charge is -2.18. The predicted octanol–water partition coefficient (Wildman–Crippen LogP) is 5.65. The molecular weight excluding hydrogens is 314 g/mol. The number of rotatable bonds is 2. The first-order valence-corrected chi connectivity index (χ1v) is 9.32. The maximum absolute atomic E-state index is 8.67. The van der Waals surface area contributed by atoms with Crippen LogP contribution in [0.2, 0.25) is 0 Å². The number of aryl methyl sites for hydroxylation is 1. The van der Waals surface area contributed by atoms with Gasteiger partial charge in [0.2, 0.25) is 5.69 Å². The summed E-state index contributed by atoms with van der Waals surface area (Å²) in [6, 6.07) is 17.0. The van der Waals surface area contributed by atoms with Gasteiger partial charge in [0.25, 0.3) is 0 Å². The van der Waals surface area contributed by atoms with E-state index in [0.29, 0.717) is 0 Å². The standard InChI is InChI=1S/C25H28N/c1-17-20(24-14-18(12-13-26(24)5)16-25(2,3)4)10-11-22-21-9-7-6-8-19(21)15-23(17)22/h6-14H,15-16H2,1-5H3/q+1/i16D2. The Hall–Kier alpha value is -2.41. The van der Waals surface area contributed by atoms with Gasteiger partial charge in [0.1, 0.15) is 7.05 Å². The third-order valence-electron chi connectivity index (χ3n) is 5.22. The van der Waals surface area contributed by atoms with Gasteiger partial charge in [0.05, 0.1) is 0 Å². The molecule has 0 unspecified atom stereocenters. The average molecular weight is 345 g/mol. The van der Waals surface area contributed by atoms with Crippen LogP contribution >= 0.6 is 0 Å². The van der Waals surface area contributed by atoms with Crippen LogP contribution < -0.4 is 4.57 Å². The molecule has 0 atom stereocenters. The van der Waals surface area contributed by atoms with Gasteiger partial charge in [-0.15, -0.1) is 0 Å². The minimum Gasteiger partial charge on any atom is -0.201 e. The van der Waals surface area contributed by atoms with E-state index in [-0.39, 0.29) is 0 Å². The van der Waals surface area contributed by atoms with Gasteiger partial charge in [-0.05, 0) is 64.6 Å². The lowest BCUT2D eigenvalue weighted by molar-refractivity contribution is -0.660. The highest BCUT2D eigenvalue weighted by atomic mass is 14.9. The molecule has 1 heterocycles. The molecule has 1 aromatic heterocycles. The molecule has 1 nitrogen and oxygen atoms in total. The second kappa shape index (κ2) is 6.09. The molecule has 0 spiro atoms. The summed E-state index contributed by atoms with van der Waals surface area (Å²) in [4.78, 5) is 0. The summed E-state index contributed by atoms with van der Waals surface area (Å²) in [5, 5.41) is 0. The molecule has 132 valence electrons. The van der Waals surface area contributed by atoms with E-state index in [1.165, 1.54) is 33.4 Å². The lowest BCUT2D eigenvalue weighted by Crippen LogP contribution is -2.31. The Morgan fingerprint density at radius 3 is 2.50 bits per heavy atom. The van der Waals surface area contributed by atoms with Gasteiger partial charge >= 0.3 is 0 Å².